The average molecular weight is 323 g/mol. The van der Waals surface area contributed by atoms with Crippen LogP contribution in [0.5, 0.6) is 0 Å². The van der Waals surface area contributed by atoms with Crippen LogP contribution in [0.3, 0.4) is 0 Å². The van der Waals surface area contributed by atoms with E-state index in [1.807, 2.05) is 13.8 Å². The second-order valence-corrected chi connectivity index (χ2v) is 6.28. The van der Waals surface area contributed by atoms with Gasteiger partial charge in [0.15, 0.2) is 6.61 Å². The van der Waals surface area contributed by atoms with E-state index in [0.717, 1.165) is 0 Å². The minimum atomic E-state index is -0.564. The standard InChI is InChI=1S/C16H21NO4S/c1-11(2)8-17-15(19)9-21-16(20)13-6-4-5-7-14(13)22-10-12(3)18/h4-7,11H,8-10H2,1-3H3,(H,17,19). The van der Waals surface area contributed by atoms with Gasteiger partial charge < -0.3 is 10.1 Å². The first kappa shape index (κ1) is 18.2. The number of carbonyl (C=O) groups excluding carboxylic acids is 3. The largest absolute Gasteiger partial charge is 0.452 e. The van der Waals surface area contributed by atoms with Crippen LogP contribution in [0.15, 0.2) is 29.2 Å². The van der Waals surface area contributed by atoms with Crippen molar-refractivity contribution < 1.29 is 19.1 Å². The molecule has 1 rings (SSSR count). The summed E-state index contributed by atoms with van der Waals surface area (Å²) >= 11 is 1.28. The lowest BCUT2D eigenvalue weighted by atomic mass is 10.2. The first-order chi connectivity index (χ1) is 10.4. The van der Waals surface area contributed by atoms with E-state index < -0.39 is 5.97 Å². The Balaban J connectivity index is 2.58. The third kappa shape index (κ3) is 6.76. The fourth-order valence-electron chi connectivity index (χ4n) is 1.52. The van der Waals surface area contributed by atoms with Crippen molar-refractivity contribution in [2.45, 2.75) is 25.7 Å². The van der Waals surface area contributed by atoms with Crippen LogP contribution in [0.2, 0.25) is 0 Å². The van der Waals surface area contributed by atoms with Gasteiger partial charge in [-0.2, -0.15) is 0 Å². The number of hydrogen-bond donors (Lipinski definition) is 1. The Labute approximate surface area is 134 Å². The number of rotatable bonds is 8. The molecule has 0 bridgehead atoms. The van der Waals surface area contributed by atoms with Crippen LogP contribution in [0.25, 0.3) is 0 Å². The van der Waals surface area contributed by atoms with Gasteiger partial charge >= 0.3 is 5.97 Å². The van der Waals surface area contributed by atoms with Crippen molar-refractivity contribution >= 4 is 29.4 Å². The summed E-state index contributed by atoms with van der Waals surface area (Å²) in [4.78, 5) is 35.3. The highest BCUT2D eigenvalue weighted by Crippen LogP contribution is 2.23. The van der Waals surface area contributed by atoms with Gasteiger partial charge in [0.25, 0.3) is 5.91 Å². The molecule has 0 saturated heterocycles. The Morgan fingerprint density at radius 2 is 1.91 bits per heavy atom. The lowest BCUT2D eigenvalue weighted by molar-refractivity contribution is -0.124. The summed E-state index contributed by atoms with van der Waals surface area (Å²) in [7, 11) is 0. The number of Topliss-reactive ketones (excluding diaryl/α,β-unsaturated/α-hetero) is 1. The number of hydrogen-bond acceptors (Lipinski definition) is 5. The molecule has 0 fully saturated rings. The quantitative estimate of drug-likeness (QED) is 0.587. The van der Waals surface area contributed by atoms with E-state index >= 15 is 0 Å². The number of ether oxygens (including phenoxy) is 1. The van der Waals surface area contributed by atoms with Crippen molar-refractivity contribution in [3.8, 4) is 0 Å². The molecule has 0 heterocycles. The maximum atomic E-state index is 12.1. The maximum Gasteiger partial charge on any atom is 0.339 e. The Hall–Kier alpha value is -1.82. The van der Waals surface area contributed by atoms with E-state index in [9.17, 15) is 14.4 Å². The van der Waals surface area contributed by atoms with Crippen LogP contribution in [-0.4, -0.2) is 36.6 Å². The van der Waals surface area contributed by atoms with E-state index in [-0.39, 0.29) is 18.3 Å². The Morgan fingerprint density at radius 3 is 2.55 bits per heavy atom. The van der Waals surface area contributed by atoms with Crippen LogP contribution < -0.4 is 5.32 Å². The fraction of sp³-hybridized carbons (Fsp3) is 0.438. The molecule has 0 spiro atoms. The first-order valence-electron chi connectivity index (χ1n) is 7.05. The summed E-state index contributed by atoms with van der Waals surface area (Å²) in [5.41, 5.74) is 0.366. The highest BCUT2D eigenvalue weighted by Gasteiger charge is 2.15. The number of esters is 1. The lowest BCUT2D eigenvalue weighted by Gasteiger charge is -2.10. The summed E-state index contributed by atoms with van der Waals surface area (Å²) in [6.07, 6.45) is 0. The van der Waals surface area contributed by atoms with Gasteiger partial charge in [-0.15, -0.1) is 11.8 Å². The van der Waals surface area contributed by atoms with Crippen molar-refractivity contribution in [3.05, 3.63) is 29.8 Å². The Morgan fingerprint density at radius 1 is 1.23 bits per heavy atom. The zero-order valence-electron chi connectivity index (χ0n) is 13.0. The number of carbonyl (C=O) groups is 3. The van der Waals surface area contributed by atoms with Crippen LogP contribution in [0.1, 0.15) is 31.1 Å². The molecule has 0 unspecified atom stereocenters. The van der Waals surface area contributed by atoms with E-state index in [1.54, 1.807) is 24.3 Å². The van der Waals surface area contributed by atoms with E-state index in [1.165, 1.54) is 18.7 Å². The number of nitrogens with one attached hydrogen (secondary N) is 1. The Kier molecular flexibility index (Phi) is 7.66. The SMILES string of the molecule is CC(=O)CSc1ccccc1C(=O)OCC(=O)NCC(C)C. The Bertz CT molecular complexity index is 543. The zero-order chi connectivity index (χ0) is 16.5. The molecular weight excluding hydrogens is 302 g/mol. The lowest BCUT2D eigenvalue weighted by Crippen LogP contribution is -2.31. The monoisotopic (exact) mass is 323 g/mol. The molecular formula is C16H21NO4S. The smallest absolute Gasteiger partial charge is 0.339 e. The summed E-state index contributed by atoms with van der Waals surface area (Å²) in [6.45, 7) is 5.69. The first-order valence-corrected chi connectivity index (χ1v) is 8.03. The maximum absolute atomic E-state index is 12.1. The number of thioether (sulfide) groups is 1. The summed E-state index contributed by atoms with van der Waals surface area (Å²) in [5.74, 6) is -0.231. The van der Waals surface area contributed by atoms with Gasteiger partial charge in [-0.05, 0) is 25.0 Å². The molecule has 1 amide bonds. The van der Waals surface area contributed by atoms with Gasteiger partial charge in [0.2, 0.25) is 0 Å². The second kappa shape index (κ2) is 9.25. The summed E-state index contributed by atoms with van der Waals surface area (Å²) in [5, 5.41) is 2.68. The van der Waals surface area contributed by atoms with Crippen molar-refractivity contribution in [3.63, 3.8) is 0 Å². The van der Waals surface area contributed by atoms with Crippen LogP contribution in [0.4, 0.5) is 0 Å². The molecule has 120 valence electrons. The highest BCUT2D eigenvalue weighted by molar-refractivity contribution is 8.00. The molecule has 6 heteroatoms. The molecule has 1 aromatic rings. The zero-order valence-corrected chi connectivity index (χ0v) is 13.9. The normalized spacial score (nSPS) is 10.4. The molecule has 0 aromatic heterocycles. The number of amides is 1. The molecule has 0 aliphatic carbocycles. The molecule has 0 aliphatic rings. The molecule has 0 aliphatic heterocycles. The van der Waals surface area contributed by atoms with Gasteiger partial charge in [0, 0.05) is 11.4 Å². The van der Waals surface area contributed by atoms with E-state index in [4.69, 9.17) is 4.74 Å². The van der Waals surface area contributed by atoms with E-state index in [2.05, 4.69) is 5.32 Å². The van der Waals surface area contributed by atoms with Crippen molar-refractivity contribution in [1.29, 1.82) is 0 Å². The summed E-state index contributed by atoms with van der Waals surface area (Å²) < 4.78 is 5.02. The van der Waals surface area contributed by atoms with Crippen LogP contribution >= 0.6 is 11.8 Å². The van der Waals surface area contributed by atoms with Gasteiger partial charge in [-0.25, -0.2) is 4.79 Å². The average Bonchev–Trinajstić information content (AvgIpc) is 2.48. The molecule has 0 saturated carbocycles. The predicted molar refractivity (Wildman–Crippen MR) is 86.0 cm³/mol. The molecule has 5 nitrogen and oxygen atoms in total. The van der Waals surface area contributed by atoms with Gasteiger partial charge in [-0.3, -0.25) is 9.59 Å². The third-order valence-electron chi connectivity index (χ3n) is 2.58. The van der Waals surface area contributed by atoms with Gasteiger partial charge in [0.1, 0.15) is 5.78 Å². The molecule has 1 N–H and O–H groups in total. The number of ketones is 1. The van der Waals surface area contributed by atoms with Crippen LogP contribution in [-0.2, 0) is 14.3 Å². The third-order valence-corrected chi connectivity index (χ3v) is 3.80. The number of benzene rings is 1. The predicted octanol–water partition coefficient (Wildman–Crippen LogP) is 2.30. The van der Waals surface area contributed by atoms with E-state index in [0.29, 0.717) is 28.7 Å². The van der Waals surface area contributed by atoms with Crippen molar-refractivity contribution in [2.24, 2.45) is 5.92 Å². The highest BCUT2D eigenvalue weighted by atomic mass is 32.2. The molecule has 22 heavy (non-hydrogen) atoms. The van der Waals surface area contributed by atoms with Gasteiger partial charge in [-0.1, -0.05) is 26.0 Å². The minimum absolute atomic E-state index is 0.0289. The topological polar surface area (TPSA) is 72.5 Å². The van der Waals surface area contributed by atoms with Crippen molar-refractivity contribution in [1.82, 2.24) is 5.32 Å². The molecule has 1 aromatic carbocycles. The van der Waals surface area contributed by atoms with Crippen LogP contribution in [0, 0.1) is 5.92 Å². The molecule has 0 radical (unpaired) electrons. The van der Waals surface area contributed by atoms with Crippen molar-refractivity contribution in [2.75, 3.05) is 18.9 Å². The minimum Gasteiger partial charge on any atom is -0.452 e. The second-order valence-electron chi connectivity index (χ2n) is 5.26. The fourth-order valence-corrected chi connectivity index (χ4v) is 2.36. The van der Waals surface area contributed by atoms with Gasteiger partial charge in [0.05, 0.1) is 11.3 Å². The molecule has 0 atom stereocenters. The summed E-state index contributed by atoms with van der Waals surface area (Å²) in [6, 6.07) is 6.88.